The second kappa shape index (κ2) is 8.50. The first-order valence-electron chi connectivity index (χ1n) is 7.55. The summed E-state index contributed by atoms with van der Waals surface area (Å²) in [6, 6.07) is 2.56. The molecule has 0 radical (unpaired) electrons. The van der Waals surface area contributed by atoms with Gasteiger partial charge in [0.25, 0.3) is 0 Å². The van der Waals surface area contributed by atoms with Crippen molar-refractivity contribution in [1.82, 2.24) is 9.80 Å². The van der Waals surface area contributed by atoms with Gasteiger partial charge in [0.15, 0.2) is 0 Å². The average Bonchev–Trinajstić information content (AvgIpc) is 2.37. The summed E-state index contributed by atoms with van der Waals surface area (Å²) in [6.07, 6.45) is 5.37. The van der Waals surface area contributed by atoms with Crippen LogP contribution in [0.2, 0.25) is 0 Å². The highest BCUT2D eigenvalue weighted by atomic mass is 15.3. The Morgan fingerprint density at radius 3 is 2.22 bits per heavy atom. The molecular formula is C15H29N3. The van der Waals surface area contributed by atoms with E-state index >= 15 is 0 Å². The predicted octanol–water partition coefficient (Wildman–Crippen LogP) is 2.73. The van der Waals surface area contributed by atoms with Crippen LogP contribution in [0.1, 0.15) is 46.5 Å². The molecule has 1 fully saturated rings. The van der Waals surface area contributed by atoms with E-state index in [1.807, 2.05) is 0 Å². The Morgan fingerprint density at radius 2 is 1.72 bits per heavy atom. The van der Waals surface area contributed by atoms with Gasteiger partial charge in [0.1, 0.15) is 6.04 Å². The van der Waals surface area contributed by atoms with Crippen LogP contribution in [0.15, 0.2) is 0 Å². The van der Waals surface area contributed by atoms with Crippen LogP contribution in [-0.4, -0.2) is 48.6 Å². The Labute approximate surface area is 113 Å². The quantitative estimate of drug-likeness (QED) is 0.652. The van der Waals surface area contributed by atoms with Crippen molar-refractivity contribution >= 4 is 0 Å². The smallest absolute Gasteiger partial charge is 0.100 e. The third-order valence-corrected chi connectivity index (χ3v) is 3.89. The van der Waals surface area contributed by atoms with E-state index in [0.29, 0.717) is 5.92 Å². The maximum absolute atomic E-state index is 9.21. The Bertz CT molecular complexity index is 249. The van der Waals surface area contributed by atoms with Crippen molar-refractivity contribution in [2.24, 2.45) is 5.92 Å². The van der Waals surface area contributed by atoms with Gasteiger partial charge in [-0.15, -0.1) is 0 Å². The Kier molecular flexibility index (Phi) is 7.31. The second-order valence-corrected chi connectivity index (χ2v) is 5.76. The largest absolute Gasteiger partial charge is 0.301 e. The zero-order valence-electron chi connectivity index (χ0n) is 12.4. The summed E-state index contributed by atoms with van der Waals surface area (Å²) in [5, 5.41) is 9.21. The van der Waals surface area contributed by atoms with Crippen molar-refractivity contribution in [3.63, 3.8) is 0 Å². The van der Waals surface area contributed by atoms with Gasteiger partial charge in [-0.05, 0) is 18.9 Å². The van der Waals surface area contributed by atoms with Crippen LogP contribution in [0.3, 0.4) is 0 Å². The number of hydrogen-bond donors (Lipinski definition) is 0. The van der Waals surface area contributed by atoms with Gasteiger partial charge in [-0.25, -0.2) is 0 Å². The monoisotopic (exact) mass is 251 g/mol. The van der Waals surface area contributed by atoms with Crippen LogP contribution in [0.5, 0.6) is 0 Å². The van der Waals surface area contributed by atoms with Crippen LogP contribution >= 0.6 is 0 Å². The molecule has 18 heavy (non-hydrogen) atoms. The molecule has 0 aliphatic carbocycles. The average molecular weight is 251 g/mol. The van der Waals surface area contributed by atoms with E-state index in [1.165, 1.54) is 32.2 Å². The standard InChI is InChI=1S/C15H29N3/c1-4-5-6-7-8-17-9-11-18(12-10-17)15(13-16)14(2)3/h14-15H,4-12H2,1-3H3/t15-/m0/s1. The normalized spacial score (nSPS) is 19.9. The topological polar surface area (TPSA) is 30.3 Å². The van der Waals surface area contributed by atoms with E-state index in [4.69, 9.17) is 0 Å². The molecule has 104 valence electrons. The molecule has 0 aromatic carbocycles. The minimum Gasteiger partial charge on any atom is -0.301 e. The third-order valence-electron chi connectivity index (χ3n) is 3.89. The Morgan fingerprint density at radius 1 is 1.06 bits per heavy atom. The maximum atomic E-state index is 9.21. The third kappa shape index (κ3) is 4.96. The molecule has 1 rings (SSSR count). The van der Waals surface area contributed by atoms with Crippen LogP contribution in [0.25, 0.3) is 0 Å². The van der Waals surface area contributed by atoms with Gasteiger partial charge < -0.3 is 4.90 Å². The summed E-state index contributed by atoms with van der Waals surface area (Å²) in [4.78, 5) is 4.91. The lowest BCUT2D eigenvalue weighted by Crippen LogP contribution is -2.51. The van der Waals surface area contributed by atoms with E-state index in [1.54, 1.807) is 0 Å². The molecule has 0 aromatic heterocycles. The van der Waals surface area contributed by atoms with Gasteiger partial charge in [0.2, 0.25) is 0 Å². The van der Waals surface area contributed by atoms with Gasteiger partial charge >= 0.3 is 0 Å². The molecule has 0 amide bonds. The van der Waals surface area contributed by atoms with Crippen molar-refractivity contribution in [3.8, 4) is 6.07 Å². The predicted molar refractivity (Wildman–Crippen MR) is 76.4 cm³/mol. The van der Waals surface area contributed by atoms with E-state index < -0.39 is 0 Å². The Hall–Kier alpha value is -0.590. The van der Waals surface area contributed by atoms with Gasteiger partial charge in [-0.3, -0.25) is 4.90 Å². The van der Waals surface area contributed by atoms with Crippen LogP contribution in [0.4, 0.5) is 0 Å². The number of nitriles is 1. The molecule has 3 nitrogen and oxygen atoms in total. The Balaban J connectivity index is 2.22. The number of rotatable bonds is 7. The van der Waals surface area contributed by atoms with Gasteiger partial charge in [0, 0.05) is 26.2 Å². The molecule has 0 N–H and O–H groups in total. The molecular weight excluding hydrogens is 222 g/mol. The minimum atomic E-state index is 0.104. The van der Waals surface area contributed by atoms with Crippen molar-refractivity contribution < 1.29 is 0 Å². The highest BCUT2D eigenvalue weighted by molar-refractivity contribution is 4.95. The SMILES string of the molecule is CCCCCCN1CCN([C@@H](C#N)C(C)C)CC1. The number of nitrogens with zero attached hydrogens (tertiary/aromatic N) is 3. The fraction of sp³-hybridized carbons (Fsp3) is 0.933. The van der Waals surface area contributed by atoms with Gasteiger partial charge in [-0.2, -0.15) is 5.26 Å². The van der Waals surface area contributed by atoms with Crippen LogP contribution < -0.4 is 0 Å². The molecule has 0 saturated carbocycles. The molecule has 1 aliphatic rings. The van der Waals surface area contributed by atoms with Crippen LogP contribution in [0, 0.1) is 17.2 Å². The maximum Gasteiger partial charge on any atom is 0.100 e. The first kappa shape index (κ1) is 15.5. The lowest BCUT2D eigenvalue weighted by atomic mass is 10.0. The van der Waals surface area contributed by atoms with Crippen molar-refractivity contribution in [1.29, 1.82) is 5.26 Å². The molecule has 1 aliphatic heterocycles. The molecule has 1 heterocycles. The van der Waals surface area contributed by atoms with E-state index in [2.05, 4.69) is 36.6 Å². The highest BCUT2D eigenvalue weighted by Gasteiger charge is 2.25. The van der Waals surface area contributed by atoms with Gasteiger partial charge in [-0.1, -0.05) is 40.0 Å². The number of unbranched alkanes of at least 4 members (excludes halogenated alkanes) is 3. The fourth-order valence-corrected chi connectivity index (χ4v) is 2.68. The number of piperazine rings is 1. The molecule has 1 saturated heterocycles. The molecule has 1 atom stereocenters. The molecule has 0 bridgehead atoms. The lowest BCUT2D eigenvalue weighted by Gasteiger charge is -2.38. The molecule has 3 heteroatoms. The second-order valence-electron chi connectivity index (χ2n) is 5.76. The molecule has 0 aromatic rings. The summed E-state index contributed by atoms with van der Waals surface area (Å²) < 4.78 is 0. The van der Waals surface area contributed by atoms with Crippen molar-refractivity contribution in [3.05, 3.63) is 0 Å². The summed E-state index contributed by atoms with van der Waals surface area (Å²) in [6.45, 7) is 12.2. The molecule has 0 unspecified atom stereocenters. The summed E-state index contributed by atoms with van der Waals surface area (Å²) >= 11 is 0. The molecule has 0 spiro atoms. The summed E-state index contributed by atoms with van der Waals surface area (Å²) in [5.74, 6) is 0.436. The highest BCUT2D eigenvalue weighted by Crippen LogP contribution is 2.13. The first-order chi connectivity index (χ1) is 8.69. The summed E-state index contributed by atoms with van der Waals surface area (Å²) in [7, 11) is 0. The zero-order chi connectivity index (χ0) is 13.4. The van der Waals surface area contributed by atoms with Crippen molar-refractivity contribution in [2.45, 2.75) is 52.5 Å². The van der Waals surface area contributed by atoms with E-state index in [-0.39, 0.29) is 6.04 Å². The fourth-order valence-electron chi connectivity index (χ4n) is 2.68. The van der Waals surface area contributed by atoms with Crippen molar-refractivity contribution in [2.75, 3.05) is 32.7 Å². The van der Waals surface area contributed by atoms with Gasteiger partial charge in [0.05, 0.1) is 6.07 Å². The zero-order valence-corrected chi connectivity index (χ0v) is 12.4. The van der Waals surface area contributed by atoms with Crippen LogP contribution in [-0.2, 0) is 0 Å². The summed E-state index contributed by atoms with van der Waals surface area (Å²) in [5.41, 5.74) is 0. The number of hydrogen-bond acceptors (Lipinski definition) is 3. The lowest BCUT2D eigenvalue weighted by molar-refractivity contribution is 0.0971. The van der Waals surface area contributed by atoms with E-state index in [9.17, 15) is 5.26 Å². The van der Waals surface area contributed by atoms with E-state index in [0.717, 1.165) is 26.2 Å². The first-order valence-corrected chi connectivity index (χ1v) is 7.55. The minimum absolute atomic E-state index is 0.104.